The number of benzene rings is 1. The van der Waals surface area contributed by atoms with Gasteiger partial charge in [0.15, 0.2) is 7.31 Å². The first-order valence-electron chi connectivity index (χ1n) is 3.90. The van der Waals surface area contributed by atoms with E-state index < -0.39 is 17.5 Å². The highest BCUT2D eigenvalue weighted by molar-refractivity contribution is 6.89. The van der Waals surface area contributed by atoms with Crippen molar-refractivity contribution in [2.75, 3.05) is 0 Å². The molecule has 2 nitrogen and oxygen atoms in total. The fourth-order valence-corrected chi connectivity index (χ4v) is 0.982. The Labute approximate surface area is 82.3 Å². The number of hydrogen-bond acceptors (Lipinski definition) is 1. The zero-order valence-electron chi connectivity index (χ0n) is 7.26. The van der Waals surface area contributed by atoms with Crippen molar-refractivity contribution in [3.63, 3.8) is 0 Å². The molecule has 0 spiro atoms. The summed E-state index contributed by atoms with van der Waals surface area (Å²) in [6.45, 7) is 0. The maximum Gasteiger partial charge on any atom is 0.211 e. The van der Waals surface area contributed by atoms with E-state index in [9.17, 15) is 13.6 Å². The summed E-state index contributed by atoms with van der Waals surface area (Å²) in [5.74, 6) is -1.85. The van der Waals surface area contributed by atoms with Crippen LogP contribution in [0.1, 0.15) is 5.56 Å². The summed E-state index contributed by atoms with van der Waals surface area (Å²) in [4.78, 5) is 11.0. The molecule has 1 N–H and O–H groups in total. The van der Waals surface area contributed by atoms with Gasteiger partial charge in [0.25, 0.3) is 0 Å². The van der Waals surface area contributed by atoms with Crippen molar-refractivity contribution in [3.05, 3.63) is 35.4 Å². The Morgan fingerprint density at radius 3 is 2.79 bits per heavy atom. The molecule has 69 valence electrons. The fraction of sp³-hybridized carbons (Fsp3) is 0.125. The van der Waals surface area contributed by atoms with E-state index in [1.807, 2.05) is 0 Å². The van der Waals surface area contributed by atoms with Gasteiger partial charge in [0, 0.05) is 13.8 Å². The second-order valence-electron chi connectivity index (χ2n) is 2.65. The summed E-state index contributed by atoms with van der Waals surface area (Å²) in [5.41, 5.74) is 0.130. The zero-order valence-corrected chi connectivity index (χ0v) is 7.26. The first kappa shape index (κ1) is 10.8. The van der Waals surface area contributed by atoms with Gasteiger partial charge in [-0.2, -0.15) is 0 Å². The van der Waals surface area contributed by atoms with Crippen LogP contribution < -0.4 is 5.23 Å². The summed E-state index contributed by atoms with van der Waals surface area (Å²) in [6, 6.07) is 3.05. The first-order valence-corrected chi connectivity index (χ1v) is 3.90. The van der Waals surface area contributed by atoms with E-state index in [0.717, 1.165) is 19.4 Å². The van der Waals surface area contributed by atoms with Crippen molar-refractivity contribution in [1.82, 2.24) is 5.23 Å². The molecule has 0 saturated heterocycles. The predicted octanol–water partition coefficient (Wildman–Crippen LogP) is 0.326. The Balaban J connectivity index is 2.72. The van der Waals surface area contributed by atoms with Crippen LogP contribution in [0.2, 0.25) is 0 Å². The Bertz CT molecular complexity index is 346. The quantitative estimate of drug-likeness (QED) is 0.686. The number of rotatable bonds is 3. The SMILES string of the molecule is [B][B]NC(=O)Cc1ccc(F)cc1F. The number of amides is 1. The lowest BCUT2D eigenvalue weighted by atomic mass is 9.67. The number of halogens is 2. The monoisotopic (exact) mass is 192 g/mol. The second-order valence-corrected chi connectivity index (χ2v) is 2.65. The minimum absolute atomic E-state index is 0.130. The highest BCUT2D eigenvalue weighted by Crippen LogP contribution is 2.09. The lowest BCUT2D eigenvalue weighted by molar-refractivity contribution is -0.118. The molecule has 0 aromatic heterocycles. The van der Waals surface area contributed by atoms with Crippen LogP contribution in [0, 0.1) is 11.6 Å². The van der Waals surface area contributed by atoms with Crippen molar-refractivity contribution in [3.8, 4) is 0 Å². The first-order chi connectivity index (χ1) is 6.63. The number of carbonyl (C=O) groups excluding carboxylic acids is 1. The Morgan fingerprint density at radius 2 is 2.21 bits per heavy atom. The third-order valence-electron chi connectivity index (χ3n) is 1.61. The number of hydrogen-bond donors (Lipinski definition) is 1. The molecule has 0 bridgehead atoms. The molecule has 0 fully saturated rings. The van der Waals surface area contributed by atoms with Gasteiger partial charge in [-0.05, 0) is 11.6 Å². The molecule has 3 radical (unpaired) electrons. The molecule has 14 heavy (non-hydrogen) atoms. The standard InChI is InChI=1S/C8H6B2F2NO/c9-10-13-8(14)3-5-1-2-6(11)4-7(5)12/h1-2,4H,3H2,(H,13,14). The highest BCUT2D eigenvalue weighted by Gasteiger charge is 2.07. The molecule has 6 heteroatoms. The average molecular weight is 192 g/mol. The molecule has 0 aliphatic heterocycles. The van der Waals surface area contributed by atoms with Gasteiger partial charge < -0.3 is 5.23 Å². The van der Waals surface area contributed by atoms with Crippen molar-refractivity contribution in [1.29, 1.82) is 0 Å². The molecule has 1 aromatic rings. The molecule has 0 aliphatic carbocycles. The lowest BCUT2D eigenvalue weighted by Crippen LogP contribution is -2.29. The molecular weight excluding hydrogens is 186 g/mol. The van der Waals surface area contributed by atoms with E-state index in [4.69, 9.17) is 7.74 Å². The van der Waals surface area contributed by atoms with Crippen LogP contribution in [0.15, 0.2) is 18.2 Å². The van der Waals surface area contributed by atoms with E-state index in [1.54, 1.807) is 0 Å². The van der Waals surface area contributed by atoms with Gasteiger partial charge in [0.2, 0.25) is 5.91 Å². The van der Waals surface area contributed by atoms with Crippen molar-refractivity contribution >= 4 is 20.9 Å². The van der Waals surface area contributed by atoms with Crippen LogP contribution in [0.4, 0.5) is 8.78 Å². The summed E-state index contributed by atoms with van der Waals surface area (Å²) < 4.78 is 25.5. The van der Waals surface area contributed by atoms with Crippen LogP contribution in [-0.2, 0) is 11.2 Å². The van der Waals surface area contributed by atoms with Crippen LogP contribution in [-0.4, -0.2) is 20.9 Å². The van der Waals surface area contributed by atoms with E-state index >= 15 is 0 Å². The van der Waals surface area contributed by atoms with Gasteiger partial charge in [-0.3, -0.25) is 4.79 Å². The third kappa shape index (κ3) is 2.87. The Kier molecular flexibility index (Phi) is 3.68. The number of nitrogens with one attached hydrogen (secondary N) is 1. The van der Waals surface area contributed by atoms with Crippen LogP contribution in [0.3, 0.4) is 0 Å². The average Bonchev–Trinajstić information content (AvgIpc) is 2.10. The van der Waals surface area contributed by atoms with E-state index in [2.05, 4.69) is 5.23 Å². The van der Waals surface area contributed by atoms with Crippen LogP contribution in [0.5, 0.6) is 0 Å². The second kappa shape index (κ2) is 4.79. The van der Waals surface area contributed by atoms with Gasteiger partial charge >= 0.3 is 0 Å². The predicted molar refractivity (Wildman–Crippen MR) is 49.7 cm³/mol. The topological polar surface area (TPSA) is 29.1 Å². The van der Waals surface area contributed by atoms with Gasteiger partial charge in [-0.1, -0.05) is 6.07 Å². The maximum absolute atomic E-state index is 13.0. The molecule has 1 amide bonds. The van der Waals surface area contributed by atoms with E-state index in [0.29, 0.717) is 0 Å². The smallest absolute Gasteiger partial charge is 0.211 e. The third-order valence-corrected chi connectivity index (χ3v) is 1.61. The maximum atomic E-state index is 13.0. The zero-order chi connectivity index (χ0) is 10.6. The van der Waals surface area contributed by atoms with Crippen molar-refractivity contribution in [2.24, 2.45) is 0 Å². The normalized spacial score (nSPS) is 9.57. The highest BCUT2D eigenvalue weighted by atomic mass is 19.1. The lowest BCUT2D eigenvalue weighted by Gasteiger charge is -2.03. The molecule has 1 aromatic carbocycles. The van der Waals surface area contributed by atoms with Gasteiger partial charge in [0.1, 0.15) is 11.6 Å². The summed E-state index contributed by atoms with van der Waals surface area (Å²) in [5, 5.41) is 2.19. The largest absolute Gasteiger partial charge is 0.412 e. The molecule has 0 atom stereocenters. The summed E-state index contributed by atoms with van der Waals surface area (Å²) >= 11 is 0. The molecule has 0 saturated carbocycles. The Hall–Kier alpha value is -1.32. The van der Waals surface area contributed by atoms with Gasteiger partial charge in [0.05, 0.1) is 6.42 Å². The van der Waals surface area contributed by atoms with E-state index in [-0.39, 0.29) is 12.0 Å². The molecular formula is C8H6B2F2NO. The minimum atomic E-state index is -0.739. The summed E-state index contributed by atoms with van der Waals surface area (Å²) in [7, 11) is 5.90. The van der Waals surface area contributed by atoms with Gasteiger partial charge in [-0.15, -0.1) is 0 Å². The molecule has 0 unspecified atom stereocenters. The molecule has 0 aliphatic rings. The van der Waals surface area contributed by atoms with Crippen molar-refractivity contribution < 1.29 is 13.6 Å². The molecule has 1 rings (SSSR count). The van der Waals surface area contributed by atoms with Crippen LogP contribution >= 0.6 is 0 Å². The fourth-order valence-electron chi connectivity index (χ4n) is 0.982. The van der Waals surface area contributed by atoms with Crippen LogP contribution in [0.25, 0.3) is 0 Å². The molecule has 0 heterocycles. The minimum Gasteiger partial charge on any atom is -0.412 e. The van der Waals surface area contributed by atoms with Gasteiger partial charge in [-0.25, -0.2) is 8.78 Å². The van der Waals surface area contributed by atoms with Crippen molar-refractivity contribution in [2.45, 2.75) is 6.42 Å². The summed E-state index contributed by atoms with van der Waals surface area (Å²) in [6.07, 6.45) is -0.167. The van der Waals surface area contributed by atoms with E-state index in [1.165, 1.54) is 6.07 Å². The number of carbonyl (C=O) groups is 1. The Morgan fingerprint density at radius 1 is 1.50 bits per heavy atom.